The minimum absolute atomic E-state index is 0.0196. The number of pyridine rings is 2. The van der Waals surface area contributed by atoms with Crippen LogP contribution in [0, 0.1) is 23.3 Å². The second-order valence-corrected chi connectivity index (χ2v) is 26.4. The quantitative estimate of drug-likeness (QED) is 0.0872. The summed E-state index contributed by atoms with van der Waals surface area (Å²) in [5, 5.41) is 16.2. The van der Waals surface area contributed by atoms with Gasteiger partial charge in [-0.25, -0.2) is 44.4 Å². The number of allylic oxidation sites excluding steroid dienone is 1. The van der Waals surface area contributed by atoms with Crippen molar-refractivity contribution in [1.82, 2.24) is 25.2 Å². The van der Waals surface area contributed by atoms with Crippen LogP contribution in [0.15, 0.2) is 148 Å². The number of hydrogen-bond acceptors (Lipinski definition) is 11. The molecule has 0 atom stereocenters. The smallest absolute Gasteiger partial charge is 0.255 e. The van der Waals surface area contributed by atoms with Crippen molar-refractivity contribution in [3.63, 3.8) is 0 Å². The van der Waals surface area contributed by atoms with Gasteiger partial charge < -0.3 is 29.1 Å². The fourth-order valence-electron chi connectivity index (χ4n) is 11.9. The topological polar surface area (TPSA) is 210 Å². The molecule has 91 heavy (non-hydrogen) atoms. The van der Waals surface area contributed by atoms with Crippen LogP contribution in [0.2, 0.25) is 0 Å². The normalized spacial score (nSPS) is 12.8. The zero-order chi connectivity index (χ0) is 64.4. The number of aromatic nitrogens is 3. The van der Waals surface area contributed by atoms with Crippen molar-refractivity contribution in [3.8, 4) is 56.6 Å². The summed E-state index contributed by atoms with van der Waals surface area (Å²) in [4.78, 5) is 36.6. The number of carbonyl (C=O) groups is 2. The van der Waals surface area contributed by atoms with Crippen LogP contribution in [0.4, 0.5) is 28.9 Å². The van der Waals surface area contributed by atoms with E-state index in [-0.39, 0.29) is 57.7 Å². The largest absolute Gasteiger partial charge is 0.455 e. The summed E-state index contributed by atoms with van der Waals surface area (Å²) in [5.74, 6) is -1.99. The maximum Gasteiger partial charge on any atom is 0.255 e. The average Bonchev–Trinajstić information content (AvgIpc) is 1.67. The molecule has 6 heterocycles. The van der Waals surface area contributed by atoms with Gasteiger partial charge in [-0.15, -0.1) is 0 Å². The SMILES string of the molecule is CNC(=O)c1c(-c2ccc(F)cc2)oc2cc(N(C)S(C)(=O)=O)c(-c3ccc(CCCO)c(C4=Cc5c(F)cccc5C4)n3)cc12.CNC(=O)c1c(-c2ccc(F)cc2)oc2cc(N(C)S(C)(=O)=O)c(-c3ccc4c(n3)-c3cc5c(F)cccc5n3CCC4)cc12. The van der Waals surface area contributed by atoms with E-state index in [2.05, 4.69) is 15.2 Å². The van der Waals surface area contributed by atoms with Gasteiger partial charge in [0.1, 0.15) is 46.0 Å². The van der Waals surface area contributed by atoms with Crippen LogP contribution in [0.3, 0.4) is 0 Å². The van der Waals surface area contributed by atoms with Gasteiger partial charge >= 0.3 is 0 Å². The minimum atomic E-state index is -3.76. The van der Waals surface area contributed by atoms with Crippen molar-refractivity contribution in [2.75, 3.05) is 55.9 Å². The van der Waals surface area contributed by atoms with Crippen molar-refractivity contribution < 1.29 is 57.9 Å². The molecule has 1 aliphatic heterocycles. The van der Waals surface area contributed by atoms with E-state index in [1.807, 2.05) is 36.4 Å². The fourth-order valence-corrected chi connectivity index (χ4v) is 12.9. The van der Waals surface area contributed by atoms with Gasteiger partial charge in [0.05, 0.1) is 69.0 Å². The van der Waals surface area contributed by atoms with Gasteiger partial charge in [0.2, 0.25) is 20.0 Å². The molecule has 0 radical (unpaired) electrons. The summed E-state index contributed by atoms with van der Waals surface area (Å²) in [6, 6.07) is 36.8. The first kappa shape index (κ1) is 61.3. The van der Waals surface area contributed by atoms with E-state index >= 15 is 0 Å². The van der Waals surface area contributed by atoms with Crippen molar-refractivity contribution in [2.45, 2.75) is 38.6 Å². The van der Waals surface area contributed by atoms with Gasteiger partial charge in [0.15, 0.2) is 0 Å². The molecule has 11 aromatic rings. The van der Waals surface area contributed by atoms with Gasteiger partial charge in [0, 0.05) is 104 Å². The number of amides is 2. The highest BCUT2D eigenvalue weighted by Crippen LogP contribution is 2.45. The van der Waals surface area contributed by atoms with Gasteiger partial charge in [-0.2, -0.15) is 0 Å². The second-order valence-electron chi connectivity index (χ2n) is 22.3. The predicted octanol–water partition coefficient (Wildman–Crippen LogP) is 13.0. The number of hydrogen-bond donors (Lipinski definition) is 3. The lowest BCUT2D eigenvalue weighted by molar-refractivity contribution is 0.0956. The number of rotatable bonds is 14. The minimum Gasteiger partial charge on any atom is -0.455 e. The van der Waals surface area contributed by atoms with E-state index in [0.717, 1.165) is 67.4 Å². The molecule has 22 heteroatoms. The maximum atomic E-state index is 14.8. The molecule has 0 saturated carbocycles. The van der Waals surface area contributed by atoms with E-state index in [0.29, 0.717) is 98.2 Å². The molecule has 464 valence electrons. The monoisotopic (exact) mass is 1270 g/mol. The standard InChI is InChI=1S/C35H31F2N3O5S.C34H28F2N4O4S/c1-38-35(42)32-27-18-26(30(40(2)46(3,43)44)19-31(27)45-34(32)21-9-12-24(36)13-10-21)29-14-11-20(7-5-15-41)33(39-29)23-16-22-6-4-8-28(37)25(22)17-23;1-37-34(41)31-24-16-23(28(39(2)45(3,42)43)18-30(24)44-33(31)20-9-12-21(35)13-10-20)26-14-11-19-6-5-15-40-27-8-4-7-25(36)22(27)17-29(40)32(19)38-26/h4,6,8-14,17-19,41H,5,7,15-16H2,1-3H3,(H,38,42);4,7-14,16-18H,5-6,15H2,1-3H3,(H,37,41). The number of fused-ring (bicyclic) bond motifs is 8. The Morgan fingerprint density at radius 3 is 1.68 bits per heavy atom. The highest BCUT2D eigenvalue weighted by Gasteiger charge is 2.31. The molecular weight excluding hydrogens is 1210 g/mol. The Morgan fingerprint density at radius 2 is 1.15 bits per heavy atom. The second kappa shape index (κ2) is 24.1. The number of benzene rings is 6. The average molecular weight is 1270 g/mol. The first-order valence-electron chi connectivity index (χ1n) is 29.0. The molecule has 0 unspecified atom stereocenters. The molecule has 0 saturated heterocycles. The van der Waals surface area contributed by atoms with E-state index in [9.17, 15) is 49.1 Å². The summed E-state index contributed by atoms with van der Waals surface area (Å²) in [7, 11) is -1.66. The van der Waals surface area contributed by atoms with Crippen LogP contribution >= 0.6 is 0 Å². The molecule has 1 aliphatic carbocycles. The molecule has 0 fully saturated rings. The molecule has 2 aliphatic rings. The number of anilines is 2. The summed E-state index contributed by atoms with van der Waals surface area (Å²) in [6.45, 7) is 0.673. The van der Waals surface area contributed by atoms with E-state index in [4.69, 9.17) is 18.8 Å². The Labute approximate surface area is 521 Å². The van der Waals surface area contributed by atoms with Crippen LogP contribution < -0.4 is 19.2 Å². The van der Waals surface area contributed by atoms with E-state index in [1.165, 1.54) is 88.9 Å². The number of sulfonamides is 2. The Bertz CT molecular complexity index is 5040. The molecule has 16 nitrogen and oxygen atoms in total. The summed E-state index contributed by atoms with van der Waals surface area (Å²) in [5.41, 5.74) is 11.0. The van der Waals surface area contributed by atoms with Crippen LogP contribution in [0.25, 0.3) is 101 Å². The third-order valence-electron chi connectivity index (χ3n) is 16.6. The number of aryl methyl sites for hydroxylation is 3. The van der Waals surface area contributed by atoms with Crippen LogP contribution in [0.5, 0.6) is 0 Å². The molecular formula is C69H59F4N7O9S2. The summed E-state index contributed by atoms with van der Waals surface area (Å²) in [6.07, 6.45) is 7.03. The van der Waals surface area contributed by atoms with Gasteiger partial charge in [0.25, 0.3) is 11.8 Å². The van der Waals surface area contributed by atoms with Crippen molar-refractivity contribution >= 4 is 87.7 Å². The Kier molecular flexibility index (Phi) is 16.3. The van der Waals surface area contributed by atoms with Gasteiger partial charge in [-0.1, -0.05) is 30.3 Å². The number of aliphatic hydroxyl groups excluding tert-OH is 1. The Balaban J connectivity index is 0.000000176. The zero-order valence-corrected chi connectivity index (χ0v) is 51.7. The summed E-state index contributed by atoms with van der Waals surface area (Å²) < 4.78 is 125. The molecule has 2 amide bonds. The zero-order valence-electron chi connectivity index (χ0n) is 50.1. The first-order chi connectivity index (χ1) is 43.5. The van der Waals surface area contributed by atoms with E-state index < -0.39 is 43.5 Å². The van der Waals surface area contributed by atoms with Crippen LogP contribution in [-0.2, 0) is 45.9 Å². The summed E-state index contributed by atoms with van der Waals surface area (Å²) >= 11 is 0. The number of carbonyl (C=O) groups excluding carboxylic acids is 2. The van der Waals surface area contributed by atoms with Crippen LogP contribution in [-0.4, -0.2) is 95.6 Å². The molecule has 0 spiro atoms. The molecule has 6 aromatic carbocycles. The number of furan rings is 2. The third kappa shape index (κ3) is 11.5. The highest BCUT2D eigenvalue weighted by atomic mass is 32.2. The third-order valence-corrected chi connectivity index (χ3v) is 19.0. The lowest BCUT2D eigenvalue weighted by Crippen LogP contribution is -2.25. The predicted molar refractivity (Wildman–Crippen MR) is 346 cm³/mol. The van der Waals surface area contributed by atoms with Gasteiger partial charge in [-0.3, -0.25) is 18.2 Å². The number of aliphatic hydroxyl groups is 1. The molecule has 3 N–H and O–H groups in total. The first-order valence-corrected chi connectivity index (χ1v) is 32.7. The Morgan fingerprint density at radius 1 is 0.626 bits per heavy atom. The van der Waals surface area contributed by atoms with Crippen molar-refractivity contribution in [2.24, 2.45) is 0 Å². The van der Waals surface area contributed by atoms with Gasteiger partial charge in [-0.05, 0) is 151 Å². The molecule has 13 rings (SSSR count). The van der Waals surface area contributed by atoms with Crippen molar-refractivity contribution in [1.29, 1.82) is 0 Å². The lowest BCUT2D eigenvalue weighted by Gasteiger charge is -2.21. The number of nitrogens with zero attached hydrogens (tertiary/aromatic N) is 5. The lowest BCUT2D eigenvalue weighted by atomic mass is 9.97. The highest BCUT2D eigenvalue weighted by molar-refractivity contribution is 7.92. The fraction of sp³-hybridized carbons (Fsp3) is 0.188. The molecule has 0 bridgehead atoms. The van der Waals surface area contributed by atoms with E-state index in [1.54, 1.807) is 48.5 Å². The van der Waals surface area contributed by atoms with Crippen LogP contribution in [0.1, 0.15) is 61.5 Å². The number of halogens is 4. The Hall–Kier alpha value is -9.90. The molecule has 5 aromatic heterocycles. The van der Waals surface area contributed by atoms with Crippen molar-refractivity contribution in [3.05, 3.63) is 202 Å². The number of nitrogens with one attached hydrogen (secondary N) is 2. The maximum absolute atomic E-state index is 14.8.